The van der Waals surface area contributed by atoms with Crippen LogP contribution in [-0.4, -0.2) is 20.0 Å². The first kappa shape index (κ1) is 17.9. The minimum Gasteiger partial charge on any atom is -0.368 e. The maximum Gasteiger partial charge on any atom is 0.277 e. The second-order valence-electron chi connectivity index (χ2n) is 6.92. The predicted octanol–water partition coefficient (Wildman–Crippen LogP) is 2.78. The van der Waals surface area contributed by atoms with Gasteiger partial charge in [0.05, 0.1) is 11.8 Å². The number of halogens is 1. The summed E-state index contributed by atoms with van der Waals surface area (Å²) in [7, 11) is 0. The number of rotatable bonds is 5. The van der Waals surface area contributed by atoms with E-state index in [2.05, 4.69) is 4.98 Å². The molecule has 1 amide bonds. The van der Waals surface area contributed by atoms with E-state index in [4.69, 9.17) is 5.73 Å². The Hall–Kier alpha value is -3.48. The second kappa shape index (κ2) is 6.92. The Bertz CT molecular complexity index is 1240. The number of nitrogens with zero attached hydrogens (tertiary/aromatic N) is 3. The zero-order chi connectivity index (χ0) is 19.8. The lowest BCUT2D eigenvalue weighted by Crippen LogP contribution is -2.26. The van der Waals surface area contributed by atoms with Gasteiger partial charge in [-0.2, -0.15) is 0 Å². The van der Waals surface area contributed by atoms with E-state index in [1.165, 1.54) is 33.7 Å². The molecule has 2 N–H and O–H groups in total. The van der Waals surface area contributed by atoms with Crippen molar-refractivity contribution < 1.29 is 9.18 Å². The zero-order valence-corrected chi connectivity index (χ0v) is 15.3. The lowest BCUT2D eigenvalue weighted by atomic mass is 10.0. The van der Waals surface area contributed by atoms with E-state index < -0.39 is 11.7 Å². The van der Waals surface area contributed by atoms with Gasteiger partial charge in [-0.25, -0.2) is 9.37 Å². The zero-order valence-electron chi connectivity index (χ0n) is 15.3. The smallest absolute Gasteiger partial charge is 0.277 e. The molecular formula is C21H19FN4O2. The van der Waals surface area contributed by atoms with E-state index >= 15 is 0 Å². The van der Waals surface area contributed by atoms with Gasteiger partial charge >= 0.3 is 0 Å². The van der Waals surface area contributed by atoms with Crippen LogP contribution in [0.3, 0.4) is 0 Å². The molecule has 1 atom stereocenters. The van der Waals surface area contributed by atoms with Crippen molar-refractivity contribution in [3.05, 3.63) is 76.6 Å². The molecular weight excluding hydrogens is 359 g/mol. The summed E-state index contributed by atoms with van der Waals surface area (Å²) in [6.45, 7) is 2.28. The predicted molar refractivity (Wildman–Crippen MR) is 106 cm³/mol. The lowest BCUT2D eigenvalue weighted by Gasteiger charge is -2.14. The largest absolute Gasteiger partial charge is 0.368 e. The number of primary amides is 1. The summed E-state index contributed by atoms with van der Waals surface area (Å²) in [6.07, 6.45) is 1.48. The quantitative estimate of drug-likeness (QED) is 0.580. The number of fused-ring (bicyclic) bond motifs is 3. The molecule has 1 unspecified atom stereocenters. The van der Waals surface area contributed by atoms with Gasteiger partial charge in [-0.05, 0) is 29.7 Å². The minimum absolute atomic E-state index is 0.0876. The Morgan fingerprint density at radius 3 is 2.68 bits per heavy atom. The van der Waals surface area contributed by atoms with Gasteiger partial charge in [0.25, 0.3) is 5.56 Å². The molecule has 142 valence electrons. The van der Waals surface area contributed by atoms with Crippen LogP contribution in [0, 0.1) is 5.82 Å². The van der Waals surface area contributed by atoms with Crippen molar-refractivity contribution in [2.75, 3.05) is 0 Å². The van der Waals surface area contributed by atoms with Crippen molar-refractivity contribution in [2.24, 2.45) is 5.73 Å². The van der Waals surface area contributed by atoms with E-state index in [0.717, 1.165) is 5.56 Å². The summed E-state index contributed by atoms with van der Waals surface area (Å²) in [4.78, 5) is 29.2. The summed E-state index contributed by atoms with van der Waals surface area (Å²) in [5.74, 6) is -0.936. The highest BCUT2D eigenvalue weighted by Gasteiger charge is 2.19. The Morgan fingerprint density at radius 2 is 1.96 bits per heavy atom. The molecule has 6 nitrogen and oxygen atoms in total. The fourth-order valence-corrected chi connectivity index (χ4v) is 3.60. The van der Waals surface area contributed by atoms with Crippen molar-refractivity contribution in [3.63, 3.8) is 0 Å². The number of nitrogens with two attached hydrogens (primary N) is 1. The Morgan fingerprint density at radius 1 is 1.21 bits per heavy atom. The van der Waals surface area contributed by atoms with Gasteiger partial charge in [-0.1, -0.05) is 37.3 Å². The second-order valence-corrected chi connectivity index (χ2v) is 6.92. The van der Waals surface area contributed by atoms with E-state index in [0.29, 0.717) is 23.0 Å². The van der Waals surface area contributed by atoms with Gasteiger partial charge < -0.3 is 10.3 Å². The molecule has 4 rings (SSSR count). The average molecular weight is 378 g/mol. The maximum absolute atomic E-state index is 13.8. The molecule has 0 bridgehead atoms. The molecule has 0 aliphatic carbocycles. The number of benzene rings is 2. The highest BCUT2D eigenvalue weighted by atomic mass is 19.1. The van der Waals surface area contributed by atoms with E-state index in [9.17, 15) is 14.0 Å². The summed E-state index contributed by atoms with van der Waals surface area (Å²) in [5.41, 5.74) is 7.36. The highest BCUT2D eigenvalue weighted by molar-refractivity contribution is 6.06. The third-order valence-corrected chi connectivity index (χ3v) is 4.94. The van der Waals surface area contributed by atoms with Gasteiger partial charge in [0.15, 0.2) is 0 Å². The first-order chi connectivity index (χ1) is 13.5. The van der Waals surface area contributed by atoms with Crippen LogP contribution in [0.2, 0.25) is 0 Å². The number of aromatic nitrogens is 3. The molecule has 0 saturated heterocycles. The van der Waals surface area contributed by atoms with Gasteiger partial charge in [-0.3, -0.25) is 14.2 Å². The van der Waals surface area contributed by atoms with Crippen LogP contribution in [0.4, 0.5) is 4.39 Å². The number of amides is 1. The van der Waals surface area contributed by atoms with Crippen LogP contribution in [-0.2, 0) is 17.9 Å². The van der Waals surface area contributed by atoms with E-state index in [-0.39, 0.29) is 23.5 Å². The van der Waals surface area contributed by atoms with Crippen molar-refractivity contribution >= 4 is 27.8 Å². The van der Waals surface area contributed by atoms with Gasteiger partial charge in [0.2, 0.25) is 5.91 Å². The van der Waals surface area contributed by atoms with Gasteiger partial charge in [-0.15, -0.1) is 0 Å². The first-order valence-corrected chi connectivity index (χ1v) is 8.96. The molecule has 2 aromatic heterocycles. The lowest BCUT2D eigenvalue weighted by molar-refractivity contribution is -0.118. The summed E-state index contributed by atoms with van der Waals surface area (Å²) >= 11 is 0. The third-order valence-electron chi connectivity index (χ3n) is 4.94. The summed E-state index contributed by atoms with van der Waals surface area (Å²) < 4.78 is 16.8. The first-order valence-electron chi connectivity index (χ1n) is 8.96. The molecule has 7 heteroatoms. The van der Waals surface area contributed by atoms with Crippen LogP contribution in [0.25, 0.3) is 21.9 Å². The van der Waals surface area contributed by atoms with Crippen LogP contribution in [0.15, 0.2) is 59.7 Å². The fourth-order valence-electron chi connectivity index (χ4n) is 3.60. The minimum atomic E-state index is -0.587. The van der Waals surface area contributed by atoms with Gasteiger partial charge in [0, 0.05) is 11.9 Å². The van der Waals surface area contributed by atoms with Crippen molar-refractivity contribution in [3.8, 4) is 0 Å². The molecule has 4 aromatic rings. The standard InChI is InChI=1S/C21H19FN4O2/c1-13(14-5-3-2-4-6-14)10-25-12-24-19-16-9-15(22)7-8-17(16)26(11-18(23)27)20(19)21(25)28/h2-9,12-13H,10-11H2,1H3,(H2,23,27). The number of carbonyl (C=O) groups excluding carboxylic acids is 1. The number of hydrogen-bond donors (Lipinski definition) is 1. The van der Waals surface area contributed by atoms with Crippen LogP contribution in [0.5, 0.6) is 0 Å². The fraction of sp³-hybridized carbons (Fsp3) is 0.190. The van der Waals surface area contributed by atoms with Crippen LogP contribution >= 0.6 is 0 Å². The molecule has 0 aliphatic heterocycles. The number of carbonyl (C=O) groups is 1. The van der Waals surface area contributed by atoms with Crippen molar-refractivity contribution in [2.45, 2.75) is 25.9 Å². The molecule has 0 fully saturated rings. The molecule has 2 aromatic carbocycles. The Kier molecular flexibility index (Phi) is 4.43. The van der Waals surface area contributed by atoms with Gasteiger partial charge in [0.1, 0.15) is 23.4 Å². The maximum atomic E-state index is 13.8. The molecule has 28 heavy (non-hydrogen) atoms. The third kappa shape index (κ3) is 3.05. The topological polar surface area (TPSA) is 82.9 Å². The Balaban J connectivity index is 1.89. The molecule has 0 aliphatic rings. The highest BCUT2D eigenvalue weighted by Crippen LogP contribution is 2.26. The summed E-state index contributed by atoms with van der Waals surface area (Å²) in [5, 5.41) is 0.483. The van der Waals surface area contributed by atoms with Crippen molar-refractivity contribution in [1.82, 2.24) is 14.1 Å². The monoisotopic (exact) mass is 378 g/mol. The van der Waals surface area contributed by atoms with Crippen molar-refractivity contribution in [1.29, 1.82) is 0 Å². The Labute approximate surface area is 160 Å². The van der Waals surface area contributed by atoms with E-state index in [1.54, 1.807) is 0 Å². The molecule has 0 saturated carbocycles. The van der Waals surface area contributed by atoms with Crippen LogP contribution in [0.1, 0.15) is 18.4 Å². The molecule has 0 spiro atoms. The SMILES string of the molecule is CC(Cn1cnc2c3cc(F)ccc3n(CC(N)=O)c2c1=O)c1ccccc1. The molecule has 0 radical (unpaired) electrons. The molecule has 2 heterocycles. The van der Waals surface area contributed by atoms with Crippen LogP contribution < -0.4 is 11.3 Å². The number of hydrogen-bond acceptors (Lipinski definition) is 3. The summed E-state index contributed by atoms with van der Waals surface area (Å²) in [6, 6.07) is 14.0. The van der Waals surface area contributed by atoms with E-state index in [1.807, 2.05) is 37.3 Å². The average Bonchev–Trinajstić information content (AvgIpc) is 2.97. The normalized spacial score (nSPS) is 12.5.